The molecule has 0 aliphatic heterocycles. The maximum atomic E-state index is 12.2. The molecule has 0 saturated heterocycles. The zero-order chi connectivity index (χ0) is 15.4. The van der Waals surface area contributed by atoms with Crippen molar-refractivity contribution in [2.45, 2.75) is 32.3 Å². The topological polar surface area (TPSA) is 72.5 Å². The van der Waals surface area contributed by atoms with Gasteiger partial charge in [0.1, 0.15) is 6.61 Å². The van der Waals surface area contributed by atoms with Crippen molar-refractivity contribution in [3.05, 3.63) is 12.2 Å². The Bertz CT molecular complexity index is 442. The van der Waals surface area contributed by atoms with Crippen LogP contribution in [0.5, 0.6) is 0 Å². The van der Waals surface area contributed by atoms with Gasteiger partial charge >= 0.3 is 21.5 Å². The third kappa shape index (κ3) is 5.60. The summed E-state index contributed by atoms with van der Waals surface area (Å²) in [7, 11) is -5.47. The molecule has 0 aromatic heterocycles. The summed E-state index contributed by atoms with van der Waals surface area (Å²) in [5.41, 5.74) is -5.33. The first kappa shape index (κ1) is 17.9. The number of hydrogen-bond acceptors (Lipinski definition) is 4. The average molecular weight is 303 g/mol. The lowest BCUT2D eigenvalue weighted by molar-refractivity contribution is -0.139. The predicted molar refractivity (Wildman–Crippen MR) is 62.5 cm³/mol. The second-order valence-electron chi connectivity index (χ2n) is 4.30. The molecule has 1 atom stereocenters. The van der Waals surface area contributed by atoms with Gasteiger partial charge in [-0.25, -0.2) is 17.9 Å². The molecular weight excluding hydrogens is 287 g/mol. The molecule has 0 aliphatic carbocycles. The summed E-state index contributed by atoms with van der Waals surface area (Å²) in [6.07, 6.45) is 0. The van der Waals surface area contributed by atoms with Gasteiger partial charge in [-0.15, -0.1) is 0 Å². The highest BCUT2D eigenvalue weighted by molar-refractivity contribution is 7.90. The smallest absolute Gasteiger partial charge is 0.461 e. The van der Waals surface area contributed by atoms with Crippen LogP contribution >= 0.6 is 0 Å². The molecule has 9 heteroatoms. The van der Waals surface area contributed by atoms with Crippen molar-refractivity contribution >= 4 is 16.0 Å². The molecule has 0 radical (unpaired) electrons. The van der Waals surface area contributed by atoms with E-state index in [4.69, 9.17) is 0 Å². The van der Waals surface area contributed by atoms with Crippen molar-refractivity contribution in [1.82, 2.24) is 4.72 Å². The van der Waals surface area contributed by atoms with Gasteiger partial charge in [-0.05, 0) is 12.8 Å². The fourth-order valence-electron chi connectivity index (χ4n) is 0.917. The first-order valence-electron chi connectivity index (χ1n) is 5.29. The van der Waals surface area contributed by atoms with Gasteiger partial charge in [-0.1, -0.05) is 20.4 Å². The van der Waals surface area contributed by atoms with Gasteiger partial charge in [-0.3, -0.25) is 0 Å². The van der Waals surface area contributed by atoms with Crippen molar-refractivity contribution < 1.29 is 31.1 Å². The molecule has 19 heavy (non-hydrogen) atoms. The third-order valence-corrected chi connectivity index (χ3v) is 3.38. The summed E-state index contributed by atoms with van der Waals surface area (Å²) in [5.74, 6) is -1.29. The first-order chi connectivity index (χ1) is 8.38. The van der Waals surface area contributed by atoms with Crippen molar-refractivity contribution in [3.63, 3.8) is 0 Å². The van der Waals surface area contributed by atoms with Crippen LogP contribution in [0.15, 0.2) is 12.2 Å². The Labute approximate surface area is 109 Å². The fraction of sp³-hybridized carbons (Fsp3) is 0.700. The molecular formula is C10H16F3NO4S. The minimum atomic E-state index is -5.47. The van der Waals surface area contributed by atoms with E-state index in [1.54, 1.807) is 0 Å². The number of alkyl halides is 3. The summed E-state index contributed by atoms with van der Waals surface area (Å²) in [6.45, 7) is 7.16. The molecule has 0 aromatic carbocycles. The third-order valence-electron chi connectivity index (χ3n) is 2.16. The zero-order valence-corrected chi connectivity index (χ0v) is 11.6. The molecule has 1 N–H and O–H groups in total. The molecule has 5 nitrogen and oxygen atoms in total. The van der Waals surface area contributed by atoms with E-state index >= 15 is 0 Å². The van der Waals surface area contributed by atoms with Crippen LogP contribution in [0.3, 0.4) is 0 Å². The molecule has 0 aliphatic rings. The van der Waals surface area contributed by atoms with Crippen LogP contribution in [0.4, 0.5) is 13.2 Å². The standard InChI is InChI=1S/C10H16F3NO4S/c1-6(2)8(5-18-9(15)7(3)4)14-19(16,17)10(11,12)13/h6,8,14H,3,5H2,1-2,4H3. The van der Waals surface area contributed by atoms with Crippen LogP contribution in [-0.2, 0) is 19.6 Å². The van der Waals surface area contributed by atoms with E-state index < -0.39 is 40.1 Å². The van der Waals surface area contributed by atoms with Crippen LogP contribution in [0.2, 0.25) is 0 Å². The van der Waals surface area contributed by atoms with E-state index in [1.807, 2.05) is 0 Å². The average Bonchev–Trinajstić information content (AvgIpc) is 2.21. The van der Waals surface area contributed by atoms with E-state index in [-0.39, 0.29) is 5.57 Å². The molecule has 0 aromatic rings. The molecule has 0 heterocycles. The molecule has 0 amide bonds. The fourth-order valence-corrected chi connectivity index (χ4v) is 1.79. The maximum absolute atomic E-state index is 12.2. The van der Waals surface area contributed by atoms with Gasteiger partial charge in [0.25, 0.3) is 0 Å². The van der Waals surface area contributed by atoms with Gasteiger partial charge in [0.15, 0.2) is 0 Å². The van der Waals surface area contributed by atoms with Crippen LogP contribution in [0.1, 0.15) is 20.8 Å². The number of esters is 1. The molecule has 0 saturated carbocycles. The predicted octanol–water partition coefficient (Wildman–Crippen LogP) is 1.57. The van der Waals surface area contributed by atoms with Gasteiger partial charge in [-0.2, -0.15) is 13.2 Å². The molecule has 0 rings (SSSR count). The lowest BCUT2D eigenvalue weighted by Crippen LogP contribution is -2.47. The van der Waals surface area contributed by atoms with Crippen LogP contribution < -0.4 is 4.72 Å². The van der Waals surface area contributed by atoms with Crippen LogP contribution in [0.25, 0.3) is 0 Å². The van der Waals surface area contributed by atoms with Crippen LogP contribution in [-0.4, -0.2) is 32.5 Å². The Balaban J connectivity index is 4.79. The number of nitrogens with one attached hydrogen (secondary N) is 1. The second kappa shape index (κ2) is 6.38. The SMILES string of the molecule is C=C(C)C(=O)OCC(NS(=O)(=O)C(F)(F)F)C(C)C. The molecule has 0 bridgehead atoms. The maximum Gasteiger partial charge on any atom is 0.511 e. The number of sulfonamides is 1. The monoisotopic (exact) mass is 303 g/mol. The number of carbonyl (C=O) groups is 1. The van der Waals surface area contributed by atoms with E-state index in [1.165, 1.54) is 25.5 Å². The number of ether oxygens (including phenoxy) is 1. The molecule has 0 fully saturated rings. The summed E-state index contributed by atoms with van der Waals surface area (Å²) >= 11 is 0. The lowest BCUT2D eigenvalue weighted by Gasteiger charge is -2.22. The highest BCUT2D eigenvalue weighted by Gasteiger charge is 2.47. The van der Waals surface area contributed by atoms with Gasteiger partial charge in [0.2, 0.25) is 0 Å². The van der Waals surface area contributed by atoms with Crippen LogP contribution in [0, 0.1) is 5.92 Å². The largest absolute Gasteiger partial charge is 0.511 e. The minimum Gasteiger partial charge on any atom is -0.461 e. The van der Waals surface area contributed by atoms with Crippen molar-refractivity contribution in [2.24, 2.45) is 5.92 Å². The Morgan fingerprint density at radius 1 is 1.37 bits per heavy atom. The quantitative estimate of drug-likeness (QED) is 0.597. The number of rotatable bonds is 6. The van der Waals surface area contributed by atoms with Crippen molar-refractivity contribution in [1.29, 1.82) is 0 Å². The highest BCUT2D eigenvalue weighted by Crippen LogP contribution is 2.23. The Morgan fingerprint density at radius 3 is 2.16 bits per heavy atom. The Kier molecular flexibility index (Phi) is 6.01. The van der Waals surface area contributed by atoms with Crippen molar-refractivity contribution in [2.75, 3.05) is 6.61 Å². The van der Waals surface area contributed by atoms with Gasteiger partial charge < -0.3 is 4.74 Å². The molecule has 0 spiro atoms. The Morgan fingerprint density at radius 2 is 1.84 bits per heavy atom. The summed E-state index contributed by atoms with van der Waals surface area (Å²) in [5, 5.41) is 0. The highest BCUT2D eigenvalue weighted by atomic mass is 32.2. The Hall–Kier alpha value is -1.09. The van der Waals surface area contributed by atoms with Gasteiger partial charge in [0, 0.05) is 5.57 Å². The summed E-state index contributed by atoms with van der Waals surface area (Å²) in [4.78, 5) is 11.1. The van der Waals surface area contributed by atoms with Crippen molar-refractivity contribution in [3.8, 4) is 0 Å². The summed E-state index contributed by atoms with van der Waals surface area (Å²) < 4.78 is 64.7. The van der Waals surface area contributed by atoms with E-state index in [0.717, 1.165) is 0 Å². The minimum absolute atomic E-state index is 0.0705. The van der Waals surface area contributed by atoms with E-state index in [9.17, 15) is 26.4 Å². The number of hydrogen-bond donors (Lipinski definition) is 1. The van der Waals surface area contributed by atoms with E-state index in [2.05, 4.69) is 11.3 Å². The normalized spacial score (nSPS) is 14.3. The molecule has 112 valence electrons. The van der Waals surface area contributed by atoms with Gasteiger partial charge in [0.05, 0.1) is 6.04 Å². The number of carbonyl (C=O) groups excluding carboxylic acids is 1. The molecule has 1 unspecified atom stereocenters. The lowest BCUT2D eigenvalue weighted by atomic mass is 10.1. The number of halogens is 3. The zero-order valence-electron chi connectivity index (χ0n) is 10.7. The first-order valence-corrected chi connectivity index (χ1v) is 6.78. The van der Waals surface area contributed by atoms with E-state index in [0.29, 0.717) is 0 Å². The second-order valence-corrected chi connectivity index (χ2v) is 6.00. The summed E-state index contributed by atoms with van der Waals surface area (Å²) in [6, 6.07) is -1.17.